The van der Waals surface area contributed by atoms with Gasteiger partial charge >= 0.3 is 24.3 Å². The molecule has 2 aliphatic heterocycles. The number of benzene rings is 1. The first kappa shape index (κ1) is 40.7. The Morgan fingerprint density at radius 2 is 1.52 bits per heavy atom. The lowest BCUT2D eigenvalue weighted by atomic mass is 9.93. The summed E-state index contributed by atoms with van der Waals surface area (Å²) in [5, 5.41) is 18.2. The van der Waals surface area contributed by atoms with E-state index in [0.717, 1.165) is 56.9 Å². The number of carbonyl (C=O) groups excluding carboxylic acids is 2. The second-order valence-electron chi connectivity index (χ2n) is 11.1. The summed E-state index contributed by atoms with van der Waals surface area (Å²) in [6.45, 7) is 6.83. The van der Waals surface area contributed by atoms with E-state index in [1.54, 1.807) is 18.3 Å². The molecule has 2 saturated heterocycles. The van der Waals surface area contributed by atoms with Crippen molar-refractivity contribution in [3.63, 3.8) is 0 Å². The third-order valence-corrected chi connectivity index (χ3v) is 8.71. The van der Waals surface area contributed by atoms with Crippen LogP contribution in [0.25, 0.3) is 0 Å². The number of anilines is 1. The van der Waals surface area contributed by atoms with Crippen molar-refractivity contribution in [1.82, 2.24) is 14.8 Å². The third-order valence-electron chi connectivity index (χ3n) is 7.67. The van der Waals surface area contributed by atoms with Gasteiger partial charge in [0.25, 0.3) is 0 Å². The van der Waals surface area contributed by atoms with Crippen LogP contribution in [0, 0.1) is 11.8 Å². The van der Waals surface area contributed by atoms with E-state index in [4.69, 9.17) is 31.4 Å². The average molecular weight is 731 g/mol. The number of thiazole rings is 1. The fourth-order valence-corrected chi connectivity index (χ4v) is 6.06. The summed E-state index contributed by atoms with van der Waals surface area (Å²) >= 11 is 8.02. The number of hydrogen-bond donors (Lipinski definition) is 2. The van der Waals surface area contributed by atoms with Gasteiger partial charge in [0.15, 0.2) is 0 Å². The minimum atomic E-state index is -5.08. The van der Waals surface area contributed by atoms with E-state index in [2.05, 4.69) is 15.3 Å². The number of aromatic nitrogens is 1. The number of carbonyl (C=O) groups is 4. The molecule has 4 rings (SSSR count). The second-order valence-corrected chi connectivity index (χ2v) is 12.5. The quantitative estimate of drug-likeness (QED) is 0.317. The zero-order chi connectivity index (χ0) is 36.1. The van der Waals surface area contributed by atoms with Crippen LogP contribution < -0.4 is 4.90 Å². The van der Waals surface area contributed by atoms with Crippen molar-refractivity contribution in [3.05, 3.63) is 45.9 Å². The highest BCUT2D eigenvalue weighted by Crippen LogP contribution is 2.27. The zero-order valence-corrected chi connectivity index (χ0v) is 27.5. The van der Waals surface area contributed by atoms with Gasteiger partial charge in [-0.2, -0.15) is 26.3 Å². The van der Waals surface area contributed by atoms with E-state index in [1.807, 2.05) is 40.3 Å². The van der Waals surface area contributed by atoms with Crippen LogP contribution in [-0.4, -0.2) is 100 Å². The summed E-state index contributed by atoms with van der Waals surface area (Å²) in [7, 11) is 0. The molecule has 0 spiro atoms. The number of carboxylic acid groups (broad SMARTS) is 2. The molecule has 268 valence electrons. The van der Waals surface area contributed by atoms with Crippen LogP contribution in [0.2, 0.25) is 5.02 Å². The Balaban J connectivity index is 0.000000479. The summed E-state index contributed by atoms with van der Waals surface area (Å²) < 4.78 is 63.5. The molecule has 2 fully saturated rings. The van der Waals surface area contributed by atoms with Gasteiger partial charge in [-0.05, 0) is 75.9 Å². The number of nitrogens with zero attached hydrogens (tertiary/aromatic N) is 4. The van der Waals surface area contributed by atoms with Crippen LogP contribution >= 0.6 is 22.9 Å². The number of halogens is 7. The molecular weight excluding hydrogens is 694 g/mol. The van der Waals surface area contributed by atoms with Crippen LogP contribution in [0.4, 0.5) is 32.0 Å². The number of rotatable bonds is 8. The number of hydrogen-bond acceptors (Lipinski definition) is 7. The van der Waals surface area contributed by atoms with Crippen molar-refractivity contribution in [2.45, 2.75) is 57.8 Å². The van der Waals surface area contributed by atoms with Gasteiger partial charge in [-0.1, -0.05) is 17.7 Å². The lowest BCUT2D eigenvalue weighted by molar-refractivity contribution is -0.193. The molecule has 0 unspecified atom stereocenters. The van der Waals surface area contributed by atoms with Gasteiger partial charge in [-0.15, -0.1) is 11.3 Å². The maximum atomic E-state index is 13.5. The van der Waals surface area contributed by atoms with E-state index in [1.165, 1.54) is 17.8 Å². The van der Waals surface area contributed by atoms with Crippen LogP contribution in [0.15, 0.2) is 35.8 Å². The topological polar surface area (TPSA) is 131 Å². The molecule has 2 aliphatic rings. The Morgan fingerprint density at radius 3 is 1.98 bits per heavy atom. The van der Waals surface area contributed by atoms with Crippen molar-refractivity contribution in [2.24, 2.45) is 11.8 Å². The number of alkyl halides is 6. The molecule has 2 aromatic rings. The molecule has 48 heavy (non-hydrogen) atoms. The van der Waals surface area contributed by atoms with Gasteiger partial charge in [0.05, 0.1) is 5.01 Å². The first-order valence-corrected chi connectivity index (χ1v) is 16.2. The third kappa shape index (κ3) is 14.4. The summed E-state index contributed by atoms with van der Waals surface area (Å²) in [6, 6.07) is 7.60. The minimum Gasteiger partial charge on any atom is -0.475 e. The number of carboxylic acids is 2. The highest BCUT2D eigenvalue weighted by atomic mass is 35.5. The van der Waals surface area contributed by atoms with Gasteiger partial charge < -0.3 is 24.9 Å². The molecule has 0 aliphatic carbocycles. The summed E-state index contributed by atoms with van der Waals surface area (Å²) in [5.41, 5.74) is 0.869. The van der Waals surface area contributed by atoms with E-state index in [9.17, 15) is 35.9 Å². The van der Waals surface area contributed by atoms with Crippen molar-refractivity contribution in [2.75, 3.05) is 44.2 Å². The zero-order valence-electron chi connectivity index (χ0n) is 26.0. The van der Waals surface area contributed by atoms with E-state index in [0.29, 0.717) is 24.7 Å². The predicted molar refractivity (Wildman–Crippen MR) is 166 cm³/mol. The van der Waals surface area contributed by atoms with Crippen molar-refractivity contribution in [1.29, 1.82) is 0 Å². The molecule has 3 heterocycles. The maximum absolute atomic E-state index is 13.5. The van der Waals surface area contributed by atoms with E-state index >= 15 is 0 Å². The average Bonchev–Trinajstić information content (AvgIpc) is 3.53. The number of amides is 2. The van der Waals surface area contributed by atoms with Gasteiger partial charge in [0.1, 0.15) is 0 Å². The SMILES string of the molecule is CC(=O)N1CCC(C(=O)N(CCCN2CCC(Cc3nccs3)CC2)c2cccc(Cl)c2)CC1.O=C(O)C(F)(F)F.O=C(O)C(F)(F)F. The molecule has 0 bridgehead atoms. The Morgan fingerprint density at radius 1 is 0.958 bits per heavy atom. The van der Waals surface area contributed by atoms with Gasteiger partial charge in [0, 0.05) is 61.2 Å². The highest BCUT2D eigenvalue weighted by molar-refractivity contribution is 7.09. The molecule has 2 amide bonds. The van der Waals surface area contributed by atoms with E-state index < -0.39 is 24.3 Å². The highest BCUT2D eigenvalue weighted by Gasteiger charge is 2.39. The van der Waals surface area contributed by atoms with Crippen LogP contribution in [0.1, 0.15) is 44.0 Å². The van der Waals surface area contributed by atoms with Crippen LogP contribution in [0.3, 0.4) is 0 Å². The predicted octanol–water partition coefficient (Wildman–Crippen LogP) is 6.00. The number of aliphatic carboxylic acids is 2. The molecule has 1 aromatic heterocycles. The minimum absolute atomic E-state index is 0.0452. The molecule has 0 radical (unpaired) electrons. The fourth-order valence-electron chi connectivity index (χ4n) is 5.14. The monoisotopic (exact) mass is 730 g/mol. The smallest absolute Gasteiger partial charge is 0.475 e. The fraction of sp³-hybridized carbons (Fsp3) is 0.567. The standard InChI is InChI=1S/C26H35ClN4O2S.2C2HF3O2/c1-20(32)30-15-8-22(9-16-30)26(33)31(24-5-2-4-23(27)19-24)12-3-11-29-13-6-21(7-14-29)18-25-28-10-17-34-25;2*3-2(4,5)1(6)7/h2,4-5,10,17,19,21-22H,3,6-9,11-16,18H2,1H3;2*(H,6,7). The Labute approximate surface area is 282 Å². The Kier molecular flexibility index (Phi) is 16.1. The normalized spacial score (nSPS) is 16.2. The number of piperidine rings is 2. The van der Waals surface area contributed by atoms with Crippen molar-refractivity contribution < 1.29 is 55.7 Å². The van der Waals surface area contributed by atoms with Crippen LogP contribution in [0.5, 0.6) is 0 Å². The van der Waals surface area contributed by atoms with Crippen LogP contribution in [-0.2, 0) is 25.6 Å². The molecule has 10 nitrogen and oxygen atoms in total. The molecule has 2 N–H and O–H groups in total. The largest absolute Gasteiger partial charge is 0.490 e. The van der Waals surface area contributed by atoms with Gasteiger partial charge in [0.2, 0.25) is 11.8 Å². The molecule has 0 saturated carbocycles. The summed E-state index contributed by atoms with van der Waals surface area (Å²) in [6.07, 6.45) is -2.36. The first-order chi connectivity index (χ1) is 22.4. The lowest BCUT2D eigenvalue weighted by Crippen LogP contribution is -2.45. The van der Waals surface area contributed by atoms with Crippen molar-refractivity contribution in [3.8, 4) is 0 Å². The molecular formula is C30H37ClF6N4O6S. The Bertz CT molecular complexity index is 1310. The lowest BCUT2D eigenvalue weighted by Gasteiger charge is -2.35. The maximum Gasteiger partial charge on any atom is 0.490 e. The van der Waals surface area contributed by atoms with Gasteiger partial charge in [-0.25, -0.2) is 14.6 Å². The van der Waals surface area contributed by atoms with Gasteiger partial charge in [-0.3, -0.25) is 9.59 Å². The molecule has 18 heteroatoms. The van der Waals surface area contributed by atoms with E-state index in [-0.39, 0.29) is 17.7 Å². The van der Waals surface area contributed by atoms with Crippen molar-refractivity contribution >= 4 is 52.4 Å². The number of likely N-dealkylation sites (tertiary alicyclic amines) is 2. The Hall–Kier alpha value is -3.44. The second kappa shape index (κ2) is 18.9. The summed E-state index contributed by atoms with van der Waals surface area (Å²) in [4.78, 5) is 53.7. The first-order valence-electron chi connectivity index (χ1n) is 14.9. The molecule has 0 atom stereocenters. The summed E-state index contributed by atoms with van der Waals surface area (Å²) in [5.74, 6) is -4.58. The molecule has 1 aromatic carbocycles.